The average Bonchev–Trinajstić information content (AvgIpc) is 3.46. The Balaban J connectivity index is 1.76. The largest absolute Gasteiger partial charge is 0.457 e. The summed E-state index contributed by atoms with van der Waals surface area (Å²) >= 11 is 0.347. The lowest BCUT2D eigenvalue weighted by molar-refractivity contribution is -0.188. The van der Waals surface area contributed by atoms with Gasteiger partial charge in [0.2, 0.25) is 10.9 Å². The molecule has 0 saturated heterocycles. The molecule has 3 aliphatic carbocycles. The quantitative estimate of drug-likeness (QED) is 0.441. The molecular formula is C28H33F3O6S. The number of carbonyl (C=O) groups is 3. The molecule has 1 aromatic heterocycles. The van der Waals surface area contributed by atoms with Gasteiger partial charge in [-0.15, -0.1) is 0 Å². The predicted molar refractivity (Wildman–Crippen MR) is 135 cm³/mol. The average molecular weight is 555 g/mol. The third-order valence-corrected chi connectivity index (χ3v) is 9.79. The van der Waals surface area contributed by atoms with Crippen LogP contribution in [-0.4, -0.2) is 51.5 Å². The number of aliphatic hydroxyl groups is 1. The van der Waals surface area contributed by atoms with Crippen LogP contribution < -0.4 is 0 Å². The Kier molecular flexibility index (Phi) is 7.80. The number of allylic oxidation sites excluding steroid dienone is 4. The number of alkyl halides is 3. The number of rotatable bonds is 7. The van der Waals surface area contributed by atoms with Crippen LogP contribution in [-0.2, 0) is 14.3 Å². The zero-order valence-electron chi connectivity index (χ0n) is 21.8. The maximum absolute atomic E-state index is 16.3. The van der Waals surface area contributed by atoms with Crippen LogP contribution in [0.5, 0.6) is 0 Å². The van der Waals surface area contributed by atoms with E-state index in [4.69, 9.17) is 9.15 Å². The SMILES string of the molecule is C[C@@H]1C=CC(=O)C=C1[C@@H](F)CC1C2C[C@@H](C)[C@](OC(=O)c3ccco3)(C(=O)SCF)[C@@]2(C)C[C@H](O)[C@@]1(C)F. The molecule has 6 nitrogen and oxygen atoms in total. The summed E-state index contributed by atoms with van der Waals surface area (Å²) in [6.07, 6.45) is 1.71. The standard InChI is InChI=1S/C28H33F3O6S/c1-15-7-8-17(32)11-18(15)21(30)12-20-19-10-16(2)28(25(35)38-14-29,37-24(34)22-6-5-9-36-22)26(19,3)13-23(33)27(20,4)31/h5-9,11,15-16,19-21,23,33H,10,12-14H2,1-4H3/t15-,16-,19?,20?,21+,23+,26+,27+,28+/m1/s1. The topological polar surface area (TPSA) is 93.8 Å². The van der Waals surface area contributed by atoms with Gasteiger partial charge < -0.3 is 14.3 Å². The molecule has 0 amide bonds. The van der Waals surface area contributed by atoms with Gasteiger partial charge in [-0.25, -0.2) is 18.0 Å². The van der Waals surface area contributed by atoms with Crippen molar-refractivity contribution < 1.29 is 41.8 Å². The Bertz CT molecular complexity index is 1150. The van der Waals surface area contributed by atoms with Gasteiger partial charge >= 0.3 is 5.97 Å². The van der Waals surface area contributed by atoms with E-state index in [0.717, 1.165) is 0 Å². The van der Waals surface area contributed by atoms with Gasteiger partial charge in [0, 0.05) is 17.3 Å². The van der Waals surface area contributed by atoms with Crippen LogP contribution in [0, 0.1) is 29.1 Å². The lowest BCUT2D eigenvalue weighted by Gasteiger charge is -2.55. The van der Waals surface area contributed by atoms with E-state index in [1.165, 1.54) is 37.5 Å². The summed E-state index contributed by atoms with van der Waals surface area (Å²) < 4.78 is 56.6. The van der Waals surface area contributed by atoms with E-state index in [0.29, 0.717) is 11.8 Å². The molecule has 208 valence electrons. The van der Waals surface area contributed by atoms with Crippen LogP contribution in [0.1, 0.15) is 57.5 Å². The normalized spacial score (nSPS) is 39.4. The number of hydrogen-bond donors (Lipinski definition) is 1. The monoisotopic (exact) mass is 554 g/mol. The number of halogens is 3. The zero-order chi connectivity index (χ0) is 28.0. The van der Waals surface area contributed by atoms with Crippen molar-refractivity contribution in [1.29, 1.82) is 0 Å². The molecule has 0 radical (unpaired) electrons. The minimum atomic E-state index is -2.23. The molecule has 10 heteroatoms. The molecule has 3 aliphatic rings. The summed E-state index contributed by atoms with van der Waals surface area (Å²) in [6.45, 7) is 6.24. The highest BCUT2D eigenvalue weighted by atomic mass is 32.2. The highest BCUT2D eigenvalue weighted by molar-refractivity contribution is 8.13. The maximum Gasteiger partial charge on any atom is 0.375 e. The van der Waals surface area contributed by atoms with Gasteiger partial charge in [-0.05, 0) is 79.6 Å². The van der Waals surface area contributed by atoms with E-state index >= 15 is 8.78 Å². The van der Waals surface area contributed by atoms with E-state index < -0.39 is 63.8 Å². The molecule has 0 spiro atoms. The summed E-state index contributed by atoms with van der Waals surface area (Å²) in [5, 5.41) is 10.3. The minimum absolute atomic E-state index is 0.162. The number of aliphatic hydroxyl groups excluding tert-OH is 1. The number of furan rings is 1. The molecule has 4 rings (SSSR count). The molecule has 0 aromatic carbocycles. The summed E-state index contributed by atoms with van der Waals surface area (Å²) in [4.78, 5) is 38.6. The van der Waals surface area contributed by atoms with Crippen molar-refractivity contribution in [2.24, 2.45) is 29.1 Å². The first-order valence-electron chi connectivity index (χ1n) is 12.7. The number of esters is 1. The molecule has 38 heavy (non-hydrogen) atoms. The minimum Gasteiger partial charge on any atom is -0.457 e. The van der Waals surface area contributed by atoms with E-state index in [-0.39, 0.29) is 42.3 Å². The molecule has 1 aromatic rings. The number of ether oxygens (including phenoxy) is 1. The molecule has 2 unspecified atom stereocenters. The fraction of sp³-hybridized carbons (Fsp3) is 0.607. The molecule has 9 atom stereocenters. The van der Waals surface area contributed by atoms with Gasteiger partial charge in [0.15, 0.2) is 11.4 Å². The Morgan fingerprint density at radius 3 is 2.66 bits per heavy atom. The predicted octanol–water partition coefficient (Wildman–Crippen LogP) is 5.56. The maximum atomic E-state index is 16.3. The molecule has 1 N–H and O–H groups in total. The third-order valence-electron chi connectivity index (χ3n) is 9.12. The van der Waals surface area contributed by atoms with Gasteiger partial charge in [-0.3, -0.25) is 9.59 Å². The number of fused-ring (bicyclic) bond motifs is 1. The van der Waals surface area contributed by atoms with Crippen LogP contribution in [0.2, 0.25) is 0 Å². The second-order valence-electron chi connectivity index (χ2n) is 11.2. The van der Waals surface area contributed by atoms with Crippen LogP contribution in [0.4, 0.5) is 13.2 Å². The van der Waals surface area contributed by atoms with Crippen LogP contribution >= 0.6 is 11.8 Å². The lowest BCUT2D eigenvalue weighted by atomic mass is 9.54. The Morgan fingerprint density at radius 2 is 2.03 bits per heavy atom. The highest BCUT2D eigenvalue weighted by Gasteiger charge is 2.73. The van der Waals surface area contributed by atoms with Crippen LogP contribution in [0.15, 0.2) is 46.6 Å². The summed E-state index contributed by atoms with van der Waals surface area (Å²) in [5.41, 5.74) is -5.27. The van der Waals surface area contributed by atoms with Crippen molar-refractivity contribution in [3.05, 3.63) is 48.0 Å². The van der Waals surface area contributed by atoms with Gasteiger partial charge in [0.25, 0.3) is 0 Å². The fourth-order valence-corrected chi connectivity index (χ4v) is 7.85. The smallest absolute Gasteiger partial charge is 0.375 e. The first kappa shape index (κ1) is 28.7. The molecule has 2 fully saturated rings. The first-order chi connectivity index (χ1) is 17.8. The van der Waals surface area contributed by atoms with Crippen molar-refractivity contribution in [3.63, 3.8) is 0 Å². The van der Waals surface area contributed by atoms with Gasteiger partial charge in [0.1, 0.15) is 17.8 Å². The molecular weight excluding hydrogens is 521 g/mol. The van der Waals surface area contributed by atoms with E-state index in [2.05, 4.69) is 0 Å². The van der Waals surface area contributed by atoms with Gasteiger partial charge in [0.05, 0.1) is 12.4 Å². The summed E-state index contributed by atoms with van der Waals surface area (Å²) in [6, 6.07) is 1.77. The molecule has 1 heterocycles. The lowest BCUT2D eigenvalue weighted by Crippen LogP contribution is -2.64. The third kappa shape index (κ3) is 4.47. The molecule has 0 aliphatic heterocycles. The Hall–Kier alpha value is -2.33. The number of carbonyl (C=O) groups excluding carboxylic acids is 3. The van der Waals surface area contributed by atoms with Crippen molar-refractivity contribution in [3.8, 4) is 0 Å². The first-order valence-corrected chi connectivity index (χ1v) is 13.7. The van der Waals surface area contributed by atoms with Crippen molar-refractivity contribution in [2.45, 2.75) is 70.5 Å². The van der Waals surface area contributed by atoms with E-state index in [1.807, 2.05) is 0 Å². The second-order valence-corrected chi connectivity index (χ2v) is 12.1. The number of hydrogen-bond acceptors (Lipinski definition) is 7. The van der Waals surface area contributed by atoms with Crippen LogP contribution in [0.3, 0.4) is 0 Å². The number of ketones is 1. The van der Waals surface area contributed by atoms with Crippen molar-refractivity contribution in [2.75, 3.05) is 6.01 Å². The summed E-state index contributed by atoms with van der Waals surface area (Å²) in [5.74, 6) is -4.31. The van der Waals surface area contributed by atoms with Gasteiger partial charge in [-0.1, -0.05) is 26.8 Å². The molecule has 2 saturated carbocycles. The van der Waals surface area contributed by atoms with Crippen LogP contribution in [0.25, 0.3) is 0 Å². The van der Waals surface area contributed by atoms with Gasteiger partial charge in [-0.2, -0.15) is 0 Å². The Labute approximate surface area is 224 Å². The van der Waals surface area contributed by atoms with Crippen molar-refractivity contribution >= 4 is 28.6 Å². The fourth-order valence-electron chi connectivity index (χ4n) is 7.06. The summed E-state index contributed by atoms with van der Waals surface area (Å²) in [7, 11) is 0. The second kappa shape index (κ2) is 10.3. The van der Waals surface area contributed by atoms with E-state index in [1.54, 1.807) is 26.8 Å². The number of thioether (sulfide) groups is 1. The van der Waals surface area contributed by atoms with Crippen molar-refractivity contribution in [1.82, 2.24) is 0 Å². The zero-order valence-corrected chi connectivity index (χ0v) is 22.6. The highest BCUT2D eigenvalue weighted by Crippen LogP contribution is 2.67. The Morgan fingerprint density at radius 1 is 1.32 bits per heavy atom. The molecule has 0 bridgehead atoms. The van der Waals surface area contributed by atoms with E-state index in [9.17, 15) is 23.9 Å².